The second-order valence-corrected chi connectivity index (χ2v) is 4.62. The molecule has 0 radical (unpaired) electrons. The van der Waals surface area contributed by atoms with E-state index in [1.807, 2.05) is 0 Å². The van der Waals surface area contributed by atoms with Crippen molar-refractivity contribution in [2.75, 3.05) is 0 Å². The van der Waals surface area contributed by atoms with Gasteiger partial charge in [0.2, 0.25) is 0 Å². The first-order chi connectivity index (χ1) is 8.95. The lowest BCUT2D eigenvalue weighted by Gasteiger charge is -2.15. The van der Waals surface area contributed by atoms with E-state index < -0.39 is 11.7 Å². The van der Waals surface area contributed by atoms with Gasteiger partial charge in [0.25, 0.3) is 0 Å². The van der Waals surface area contributed by atoms with Crippen LogP contribution >= 0.6 is 23.2 Å². The molecule has 5 heteroatoms. The summed E-state index contributed by atoms with van der Waals surface area (Å²) in [5.41, 5.74) is 0.315. The maximum atomic E-state index is 13.0. The standard InChI is InChI=1S/C14H9Cl2F3/c15-8-11-9(5-3-7-13(11)16)10-4-1-2-6-12(10)14(17,18)19/h1-7H,8H2. The Kier molecular flexibility index (Phi) is 4.07. The van der Waals surface area contributed by atoms with Crippen LogP contribution in [0.25, 0.3) is 11.1 Å². The van der Waals surface area contributed by atoms with Gasteiger partial charge in [-0.05, 0) is 28.8 Å². The summed E-state index contributed by atoms with van der Waals surface area (Å²) >= 11 is 11.8. The first-order valence-electron chi connectivity index (χ1n) is 5.45. The molecule has 0 aliphatic rings. The van der Waals surface area contributed by atoms with Crippen LogP contribution in [0, 0.1) is 0 Å². The third-order valence-corrected chi connectivity index (χ3v) is 3.40. The van der Waals surface area contributed by atoms with Crippen molar-refractivity contribution < 1.29 is 13.2 Å². The van der Waals surface area contributed by atoms with Crippen LogP contribution in [0.3, 0.4) is 0 Å². The first kappa shape index (κ1) is 14.2. The first-order valence-corrected chi connectivity index (χ1v) is 6.36. The zero-order chi connectivity index (χ0) is 14.0. The average molecular weight is 305 g/mol. The summed E-state index contributed by atoms with van der Waals surface area (Å²) in [6.07, 6.45) is -4.41. The predicted molar refractivity (Wildman–Crippen MR) is 71.4 cm³/mol. The highest BCUT2D eigenvalue weighted by Crippen LogP contribution is 2.39. The molecule has 0 aliphatic carbocycles. The lowest BCUT2D eigenvalue weighted by molar-refractivity contribution is -0.137. The topological polar surface area (TPSA) is 0 Å². The highest BCUT2D eigenvalue weighted by Gasteiger charge is 2.33. The molecule has 0 fully saturated rings. The molecule has 0 aliphatic heterocycles. The Bertz CT molecular complexity index is 591. The van der Waals surface area contributed by atoms with Gasteiger partial charge in [-0.15, -0.1) is 11.6 Å². The maximum Gasteiger partial charge on any atom is 0.417 e. The van der Waals surface area contributed by atoms with Crippen LogP contribution in [0.1, 0.15) is 11.1 Å². The summed E-state index contributed by atoms with van der Waals surface area (Å²) < 4.78 is 39.0. The van der Waals surface area contributed by atoms with Gasteiger partial charge in [-0.2, -0.15) is 13.2 Å². The van der Waals surface area contributed by atoms with E-state index in [2.05, 4.69) is 0 Å². The molecular formula is C14H9Cl2F3. The molecule has 0 nitrogen and oxygen atoms in total. The molecular weight excluding hydrogens is 296 g/mol. The quantitative estimate of drug-likeness (QED) is 0.618. The SMILES string of the molecule is FC(F)(F)c1ccccc1-c1cccc(Cl)c1CCl. The van der Waals surface area contributed by atoms with Gasteiger partial charge in [0.05, 0.1) is 5.56 Å². The molecule has 100 valence electrons. The van der Waals surface area contributed by atoms with E-state index in [0.717, 1.165) is 6.07 Å². The minimum absolute atomic E-state index is 0.0567. The van der Waals surface area contributed by atoms with Gasteiger partial charge in [-0.3, -0.25) is 0 Å². The average Bonchev–Trinajstić information content (AvgIpc) is 2.37. The molecule has 0 spiro atoms. The van der Waals surface area contributed by atoms with E-state index in [4.69, 9.17) is 23.2 Å². The third kappa shape index (κ3) is 2.88. The fourth-order valence-electron chi connectivity index (χ4n) is 1.91. The summed E-state index contributed by atoms with van der Waals surface area (Å²) in [5.74, 6) is 0.0567. The normalized spacial score (nSPS) is 11.6. The molecule has 0 heterocycles. The van der Waals surface area contributed by atoms with E-state index in [-0.39, 0.29) is 11.4 Å². The van der Waals surface area contributed by atoms with Crippen LogP contribution in [0.15, 0.2) is 42.5 Å². The van der Waals surface area contributed by atoms with Crippen LogP contribution in [0.2, 0.25) is 5.02 Å². The van der Waals surface area contributed by atoms with Crippen LogP contribution in [-0.4, -0.2) is 0 Å². The Morgan fingerprint density at radius 3 is 2.16 bits per heavy atom. The van der Waals surface area contributed by atoms with Gasteiger partial charge in [0, 0.05) is 10.9 Å². The number of hydrogen-bond acceptors (Lipinski definition) is 0. The molecule has 2 rings (SSSR count). The molecule has 19 heavy (non-hydrogen) atoms. The molecule has 0 atom stereocenters. The van der Waals surface area contributed by atoms with E-state index in [9.17, 15) is 13.2 Å². The summed E-state index contributed by atoms with van der Waals surface area (Å²) in [4.78, 5) is 0. The monoisotopic (exact) mass is 304 g/mol. The lowest BCUT2D eigenvalue weighted by Crippen LogP contribution is -2.07. The molecule has 0 saturated carbocycles. The molecule has 2 aromatic carbocycles. The highest BCUT2D eigenvalue weighted by molar-refractivity contribution is 6.32. The Balaban J connectivity index is 2.70. The van der Waals surface area contributed by atoms with Crippen molar-refractivity contribution in [3.8, 4) is 11.1 Å². The Morgan fingerprint density at radius 1 is 0.895 bits per heavy atom. The molecule has 0 aromatic heterocycles. The van der Waals surface area contributed by atoms with Gasteiger partial charge < -0.3 is 0 Å². The van der Waals surface area contributed by atoms with Crippen molar-refractivity contribution in [2.24, 2.45) is 0 Å². The van der Waals surface area contributed by atoms with Crippen molar-refractivity contribution in [2.45, 2.75) is 12.1 Å². The smallest absolute Gasteiger partial charge is 0.166 e. The summed E-state index contributed by atoms with van der Waals surface area (Å²) in [6.45, 7) is 0. The molecule has 0 bridgehead atoms. The molecule has 0 amide bonds. The van der Waals surface area contributed by atoms with Crippen LogP contribution in [0.4, 0.5) is 13.2 Å². The van der Waals surface area contributed by atoms with Crippen molar-refractivity contribution in [3.05, 3.63) is 58.6 Å². The Morgan fingerprint density at radius 2 is 1.53 bits per heavy atom. The van der Waals surface area contributed by atoms with Crippen LogP contribution in [-0.2, 0) is 12.1 Å². The van der Waals surface area contributed by atoms with Gasteiger partial charge in [0.1, 0.15) is 0 Å². The van der Waals surface area contributed by atoms with Gasteiger partial charge >= 0.3 is 6.18 Å². The highest BCUT2D eigenvalue weighted by atomic mass is 35.5. The van der Waals surface area contributed by atoms with Crippen molar-refractivity contribution >= 4 is 23.2 Å². The number of halogens is 5. The molecule has 0 unspecified atom stereocenters. The van der Waals surface area contributed by atoms with Gasteiger partial charge in [0.15, 0.2) is 0 Å². The van der Waals surface area contributed by atoms with E-state index >= 15 is 0 Å². The van der Waals surface area contributed by atoms with E-state index in [1.165, 1.54) is 12.1 Å². The van der Waals surface area contributed by atoms with Gasteiger partial charge in [-0.25, -0.2) is 0 Å². The Hall–Kier alpha value is -1.19. The lowest BCUT2D eigenvalue weighted by atomic mass is 9.95. The number of rotatable bonds is 2. The molecule has 0 saturated heterocycles. The van der Waals surface area contributed by atoms with E-state index in [0.29, 0.717) is 16.1 Å². The molecule has 0 N–H and O–H groups in total. The largest absolute Gasteiger partial charge is 0.417 e. The molecule has 2 aromatic rings. The third-order valence-electron chi connectivity index (χ3n) is 2.78. The van der Waals surface area contributed by atoms with Crippen molar-refractivity contribution in [3.63, 3.8) is 0 Å². The Labute approximate surface area is 118 Å². The fourth-order valence-corrected chi connectivity index (χ4v) is 2.51. The summed E-state index contributed by atoms with van der Waals surface area (Å²) in [5, 5.41) is 0.365. The van der Waals surface area contributed by atoms with Crippen LogP contribution < -0.4 is 0 Å². The van der Waals surface area contributed by atoms with Gasteiger partial charge in [-0.1, -0.05) is 41.9 Å². The summed E-state index contributed by atoms with van der Waals surface area (Å²) in [7, 11) is 0. The number of hydrogen-bond donors (Lipinski definition) is 0. The zero-order valence-corrected chi connectivity index (χ0v) is 11.2. The predicted octanol–water partition coefficient (Wildman–Crippen LogP) is 5.76. The fraction of sp³-hybridized carbons (Fsp3) is 0.143. The number of benzene rings is 2. The minimum atomic E-state index is -4.41. The number of alkyl halides is 4. The van der Waals surface area contributed by atoms with E-state index in [1.54, 1.807) is 24.3 Å². The van der Waals surface area contributed by atoms with Crippen LogP contribution in [0.5, 0.6) is 0 Å². The second kappa shape index (κ2) is 5.43. The van der Waals surface area contributed by atoms with Crippen molar-refractivity contribution in [1.29, 1.82) is 0 Å². The zero-order valence-electron chi connectivity index (χ0n) is 9.64. The second-order valence-electron chi connectivity index (χ2n) is 3.94. The minimum Gasteiger partial charge on any atom is -0.166 e. The van der Waals surface area contributed by atoms with Crippen molar-refractivity contribution in [1.82, 2.24) is 0 Å². The maximum absolute atomic E-state index is 13.0. The summed E-state index contributed by atoms with van der Waals surface area (Å²) in [6, 6.07) is 10.2.